The van der Waals surface area contributed by atoms with E-state index >= 15 is 0 Å². The molecule has 0 aromatic carbocycles. The minimum absolute atomic E-state index is 0.0579. The lowest BCUT2D eigenvalue weighted by atomic mass is 9.83. The van der Waals surface area contributed by atoms with E-state index in [1.54, 1.807) is 0 Å². The Balaban J connectivity index is 1.81. The van der Waals surface area contributed by atoms with Gasteiger partial charge in [0.15, 0.2) is 0 Å². The fraction of sp³-hybridized carbons (Fsp3) is 0.765. The van der Waals surface area contributed by atoms with E-state index in [1.165, 1.54) is 44.9 Å². The SMILES string of the molecule is CCCCC#C[C@H]1C=CC[C@H](C2CCCCC2)O1. The molecule has 0 radical (unpaired) electrons. The predicted molar refractivity (Wildman–Crippen MR) is 76.3 cm³/mol. The maximum atomic E-state index is 6.15. The quantitative estimate of drug-likeness (QED) is 0.405. The van der Waals surface area contributed by atoms with Gasteiger partial charge in [-0.1, -0.05) is 44.6 Å². The molecule has 100 valence electrons. The summed E-state index contributed by atoms with van der Waals surface area (Å²) in [7, 11) is 0. The van der Waals surface area contributed by atoms with Crippen LogP contribution in [0.2, 0.25) is 0 Å². The second-order valence-electron chi connectivity index (χ2n) is 5.58. The van der Waals surface area contributed by atoms with Gasteiger partial charge in [0.1, 0.15) is 6.10 Å². The first-order valence-electron chi connectivity index (χ1n) is 7.70. The van der Waals surface area contributed by atoms with Crippen molar-refractivity contribution in [1.82, 2.24) is 0 Å². The Morgan fingerprint density at radius 3 is 2.83 bits per heavy atom. The van der Waals surface area contributed by atoms with Crippen molar-refractivity contribution in [2.45, 2.75) is 76.9 Å². The van der Waals surface area contributed by atoms with Gasteiger partial charge in [0.05, 0.1) is 6.10 Å². The van der Waals surface area contributed by atoms with Crippen LogP contribution in [0.4, 0.5) is 0 Å². The molecule has 2 atom stereocenters. The smallest absolute Gasteiger partial charge is 0.136 e. The predicted octanol–water partition coefficient (Wildman–Crippen LogP) is 4.47. The fourth-order valence-corrected chi connectivity index (χ4v) is 2.96. The molecular formula is C17H26O. The van der Waals surface area contributed by atoms with Crippen LogP contribution in [0.5, 0.6) is 0 Å². The molecule has 0 bridgehead atoms. The Morgan fingerprint density at radius 1 is 1.22 bits per heavy atom. The van der Waals surface area contributed by atoms with Gasteiger partial charge in [-0.2, -0.15) is 0 Å². The van der Waals surface area contributed by atoms with Crippen LogP contribution in [0.3, 0.4) is 0 Å². The number of unbranched alkanes of at least 4 members (excludes halogenated alkanes) is 2. The first kappa shape index (κ1) is 13.7. The summed E-state index contributed by atoms with van der Waals surface area (Å²) in [6.45, 7) is 2.21. The third kappa shape index (κ3) is 4.18. The number of hydrogen-bond donors (Lipinski definition) is 0. The second kappa shape index (κ2) is 7.64. The van der Waals surface area contributed by atoms with E-state index in [1.807, 2.05) is 0 Å². The van der Waals surface area contributed by atoms with Crippen LogP contribution in [-0.2, 0) is 4.74 Å². The summed E-state index contributed by atoms with van der Waals surface area (Å²) >= 11 is 0. The average Bonchev–Trinajstić information content (AvgIpc) is 2.45. The van der Waals surface area contributed by atoms with Gasteiger partial charge in [-0.05, 0) is 37.7 Å². The normalized spacial score (nSPS) is 28.7. The Morgan fingerprint density at radius 2 is 2.06 bits per heavy atom. The van der Waals surface area contributed by atoms with Crippen molar-refractivity contribution >= 4 is 0 Å². The van der Waals surface area contributed by atoms with Crippen LogP contribution in [0.25, 0.3) is 0 Å². The molecule has 1 aliphatic carbocycles. The van der Waals surface area contributed by atoms with E-state index in [-0.39, 0.29) is 6.10 Å². The standard InChI is InChI=1S/C17H26O/c1-2-3-4-8-12-16-13-9-14-17(18-16)15-10-6-5-7-11-15/h9,13,15-17H,2-7,10-11,14H2,1H3/t16-,17+/m0/s1. The molecule has 0 unspecified atom stereocenters. The summed E-state index contributed by atoms with van der Waals surface area (Å²) in [6, 6.07) is 0. The summed E-state index contributed by atoms with van der Waals surface area (Å²) in [5.74, 6) is 7.30. The Bertz CT molecular complexity index is 314. The number of hydrogen-bond acceptors (Lipinski definition) is 1. The van der Waals surface area contributed by atoms with E-state index in [0.717, 1.165) is 18.8 Å². The third-order valence-corrected chi connectivity index (χ3v) is 4.08. The van der Waals surface area contributed by atoms with E-state index < -0.39 is 0 Å². The summed E-state index contributed by atoms with van der Waals surface area (Å²) in [6.07, 6.45) is 16.3. The molecule has 2 rings (SSSR count). The molecular weight excluding hydrogens is 220 g/mol. The van der Waals surface area contributed by atoms with Gasteiger partial charge >= 0.3 is 0 Å². The van der Waals surface area contributed by atoms with Crippen LogP contribution < -0.4 is 0 Å². The van der Waals surface area contributed by atoms with E-state index in [2.05, 4.69) is 30.9 Å². The van der Waals surface area contributed by atoms with Crippen molar-refractivity contribution in [3.63, 3.8) is 0 Å². The topological polar surface area (TPSA) is 9.23 Å². The van der Waals surface area contributed by atoms with Crippen LogP contribution in [0.15, 0.2) is 12.2 Å². The molecule has 0 aromatic heterocycles. The Labute approximate surface area is 112 Å². The minimum atomic E-state index is 0.0579. The lowest BCUT2D eigenvalue weighted by Crippen LogP contribution is -2.31. The van der Waals surface area contributed by atoms with Crippen molar-refractivity contribution < 1.29 is 4.74 Å². The van der Waals surface area contributed by atoms with Crippen LogP contribution in [0, 0.1) is 17.8 Å². The van der Waals surface area contributed by atoms with Crippen molar-refractivity contribution in [2.24, 2.45) is 5.92 Å². The lowest BCUT2D eigenvalue weighted by Gasteiger charge is -2.32. The van der Waals surface area contributed by atoms with Gasteiger partial charge in [0, 0.05) is 6.42 Å². The highest BCUT2D eigenvalue weighted by Gasteiger charge is 2.26. The molecule has 1 heterocycles. The van der Waals surface area contributed by atoms with Gasteiger partial charge in [-0.25, -0.2) is 0 Å². The first-order valence-corrected chi connectivity index (χ1v) is 7.70. The van der Waals surface area contributed by atoms with Crippen molar-refractivity contribution in [1.29, 1.82) is 0 Å². The second-order valence-corrected chi connectivity index (χ2v) is 5.58. The third-order valence-electron chi connectivity index (χ3n) is 4.08. The van der Waals surface area contributed by atoms with E-state index in [9.17, 15) is 0 Å². The summed E-state index contributed by atoms with van der Waals surface area (Å²) < 4.78 is 6.15. The molecule has 0 spiro atoms. The van der Waals surface area contributed by atoms with Crippen molar-refractivity contribution in [2.75, 3.05) is 0 Å². The average molecular weight is 246 g/mol. The molecule has 0 aromatic rings. The summed E-state index contributed by atoms with van der Waals surface area (Å²) in [5.41, 5.74) is 0. The molecule has 1 fully saturated rings. The molecule has 0 amide bonds. The summed E-state index contributed by atoms with van der Waals surface area (Å²) in [4.78, 5) is 0. The summed E-state index contributed by atoms with van der Waals surface area (Å²) in [5, 5.41) is 0. The molecule has 1 saturated carbocycles. The van der Waals surface area contributed by atoms with E-state index in [0.29, 0.717) is 6.10 Å². The highest BCUT2D eigenvalue weighted by Crippen LogP contribution is 2.31. The van der Waals surface area contributed by atoms with Gasteiger partial charge in [-0.15, -0.1) is 5.92 Å². The zero-order chi connectivity index (χ0) is 12.6. The molecule has 18 heavy (non-hydrogen) atoms. The Kier molecular flexibility index (Phi) is 5.81. The van der Waals surface area contributed by atoms with Gasteiger partial charge in [0.25, 0.3) is 0 Å². The first-order chi connectivity index (χ1) is 8.90. The maximum absolute atomic E-state index is 6.15. The number of ether oxygens (including phenoxy) is 1. The Hall–Kier alpha value is -0.740. The fourth-order valence-electron chi connectivity index (χ4n) is 2.96. The zero-order valence-corrected chi connectivity index (χ0v) is 11.7. The van der Waals surface area contributed by atoms with Crippen molar-refractivity contribution in [3.8, 4) is 11.8 Å². The van der Waals surface area contributed by atoms with Crippen LogP contribution in [0.1, 0.15) is 64.7 Å². The molecule has 1 nitrogen and oxygen atoms in total. The van der Waals surface area contributed by atoms with Crippen molar-refractivity contribution in [3.05, 3.63) is 12.2 Å². The molecule has 1 heteroatoms. The lowest BCUT2D eigenvalue weighted by molar-refractivity contribution is -0.0149. The van der Waals surface area contributed by atoms with Crippen LogP contribution in [-0.4, -0.2) is 12.2 Å². The monoisotopic (exact) mass is 246 g/mol. The maximum Gasteiger partial charge on any atom is 0.136 e. The molecule has 0 N–H and O–H groups in total. The molecule has 2 aliphatic rings. The molecule has 1 aliphatic heterocycles. The molecule has 0 saturated heterocycles. The zero-order valence-electron chi connectivity index (χ0n) is 11.7. The highest BCUT2D eigenvalue weighted by atomic mass is 16.5. The highest BCUT2D eigenvalue weighted by molar-refractivity contribution is 5.15. The van der Waals surface area contributed by atoms with Gasteiger partial charge < -0.3 is 4.74 Å². The van der Waals surface area contributed by atoms with Crippen LogP contribution >= 0.6 is 0 Å². The van der Waals surface area contributed by atoms with Gasteiger partial charge in [0.2, 0.25) is 0 Å². The minimum Gasteiger partial charge on any atom is -0.358 e. The number of rotatable bonds is 3. The largest absolute Gasteiger partial charge is 0.358 e. The van der Waals surface area contributed by atoms with E-state index in [4.69, 9.17) is 4.74 Å². The van der Waals surface area contributed by atoms with Gasteiger partial charge in [-0.3, -0.25) is 0 Å².